The summed E-state index contributed by atoms with van der Waals surface area (Å²) < 4.78 is 16.7. The van der Waals surface area contributed by atoms with Crippen molar-refractivity contribution in [1.29, 1.82) is 0 Å². The van der Waals surface area contributed by atoms with Crippen LogP contribution in [0.1, 0.15) is 245 Å². The molecule has 0 aromatic heterocycles. The zero-order chi connectivity index (χ0) is 39.4. The molecule has 6 nitrogen and oxygen atoms in total. The fraction of sp³-hybridized carbons (Fsp3) is 0.854. The third kappa shape index (κ3) is 41.1. The van der Waals surface area contributed by atoms with Crippen molar-refractivity contribution >= 4 is 17.9 Å². The molecule has 1 unspecified atom stereocenters. The molecule has 316 valence electrons. The summed E-state index contributed by atoms with van der Waals surface area (Å²) in [5.74, 6) is -0.910. The summed E-state index contributed by atoms with van der Waals surface area (Å²) in [4.78, 5) is 37.7. The third-order valence-corrected chi connectivity index (χ3v) is 10.2. The average molecular weight is 761 g/mol. The van der Waals surface area contributed by atoms with Crippen molar-refractivity contribution in [1.82, 2.24) is 0 Å². The van der Waals surface area contributed by atoms with Gasteiger partial charge in [-0.1, -0.05) is 180 Å². The number of unbranched alkanes of at least 4 members (excludes halogenated alkanes) is 27. The summed E-state index contributed by atoms with van der Waals surface area (Å²) in [6, 6.07) is 0. The fourth-order valence-corrected chi connectivity index (χ4v) is 6.61. The quantitative estimate of drug-likeness (QED) is 0.0267. The molecule has 0 fully saturated rings. The molecule has 0 radical (unpaired) electrons. The van der Waals surface area contributed by atoms with Crippen LogP contribution in [0.5, 0.6) is 0 Å². The van der Waals surface area contributed by atoms with Crippen molar-refractivity contribution in [3.8, 4) is 0 Å². The monoisotopic (exact) mass is 761 g/mol. The molecule has 0 spiro atoms. The van der Waals surface area contributed by atoms with Gasteiger partial charge in [-0.2, -0.15) is 0 Å². The Morgan fingerprint density at radius 2 is 0.611 bits per heavy atom. The SMILES string of the molecule is CCCCCCCC/C=C\CCCCCC(=O)OC(COC(=O)CCCCC/C=C\CCCCCCCCC)COC(=O)CCCCCCCCCCC. The average Bonchev–Trinajstić information content (AvgIpc) is 3.17. The molecule has 0 rings (SSSR count). The molecule has 6 heteroatoms. The lowest BCUT2D eigenvalue weighted by Crippen LogP contribution is -2.30. The van der Waals surface area contributed by atoms with E-state index in [0.717, 1.165) is 83.5 Å². The predicted molar refractivity (Wildman–Crippen MR) is 229 cm³/mol. The van der Waals surface area contributed by atoms with Gasteiger partial charge in [0.2, 0.25) is 0 Å². The van der Waals surface area contributed by atoms with E-state index in [0.29, 0.717) is 19.3 Å². The van der Waals surface area contributed by atoms with Crippen LogP contribution in [-0.4, -0.2) is 37.2 Å². The van der Waals surface area contributed by atoms with Gasteiger partial charge in [-0.15, -0.1) is 0 Å². The standard InChI is InChI=1S/C48H88O6/c1-4-7-10-13-16-19-21-23-25-26-29-32-35-38-41-47(50)53-44-45(43-52-46(49)40-37-34-31-28-18-15-12-9-6-3)54-48(51)42-39-36-33-30-27-24-22-20-17-14-11-8-5-2/h24-27,45H,4-23,28-44H2,1-3H3/b26-25-,27-24-. The number of ether oxygens (including phenoxy) is 3. The van der Waals surface area contributed by atoms with Gasteiger partial charge in [-0.25, -0.2) is 0 Å². The van der Waals surface area contributed by atoms with Crippen molar-refractivity contribution in [3.63, 3.8) is 0 Å². The highest BCUT2D eigenvalue weighted by molar-refractivity contribution is 5.71. The van der Waals surface area contributed by atoms with E-state index < -0.39 is 6.10 Å². The van der Waals surface area contributed by atoms with Crippen molar-refractivity contribution in [3.05, 3.63) is 24.3 Å². The number of rotatable bonds is 42. The first-order chi connectivity index (χ1) is 26.5. The first kappa shape index (κ1) is 51.9. The van der Waals surface area contributed by atoms with E-state index in [9.17, 15) is 14.4 Å². The van der Waals surface area contributed by atoms with Crippen LogP contribution in [0.25, 0.3) is 0 Å². The molecule has 0 aliphatic rings. The highest BCUT2D eigenvalue weighted by atomic mass is 16.6. The number of esters is 3. The Morgan fingerprint density at radius 3 is 0.944 bits per heavy atom. The number of hydrogen-bond acceptors (Lipinski definition) is 6. The molecule has 0 saturated carbocycles. The highest BCUT2D eigenvalue weighted by Gasteiger charge is 2.19. The number of carbonyl (C=O) groups is 3. The second-order valence-corrected chi connectivity index (χ2v) is 15.7. The molecule has 0 saturated heterocycles. The number of carbonyl (C=O) groups excluding carboxylic acids is 3. The van der Waals surface area contributed by atoms with Gasteiger partial charge in [-0.05, 0) is 70.6 Å². The van der Waals surface area contributed by atoms with Crippen LogP contribution in [0.2, 0.25) is 0 Å². The molecule has 54 heavy (non-hydrogen) atoms. The van der Waals surface area contributed by atoms with Gasteiger partial charge in [0.05, 0.1) is 0 Å². The van der Waals surface area contributed by atoms with Crippen LogP contribution in [0.15, 0.2) is 24.3 Å². The summed E-state index contributed by atoms with van der Waals surface area (Å²) >= 11 is 0. The molecule has 0 amide bonds. The van der Waals surface area contributed by atoms with Gasteiger partial charge >= 0.3 is 17.9 Å². The van der Waals surface area contributed by atoms with E-state index in [1.807, 2.05) is 0 Å². The van der Waals surface area contributed by atoms with E-state index >= 15 is 0 Å². The van der Waals surface area contributed by atoms with Crippen LogP contribution in [0.4, 0.5) is 0 Å². The van der Waals surface area contributed by atoms with E-state index in [-0.39, 0.29) is 31.1 Å². The van der Waals surface area contributed by atoms with E-state index in [1.54, 1.807) is 0 Å². The molecule has 0 N–H and O–H groups in total. The van der Waals surface area contributed by atoms with Crippen molar-refractivity contribution in [2.75, 3.05) is 13.2 Å². The smallest absolute Gasteiger partial charge is 0.306 e. The summed E-state index contributed by atoms with van der Waals surface area (Å²) in [5, 5.41) is 0. The Balaban J connectivity index is 4.38. The van der Waals surface area contributed by atoms with Gasteiger partial charge in [0.1, 0.15) is 13.2 Å². The van der Waals surface area contributed by atoms with Crippen LogP contribution >= 0.6 is 0 Å². The Labute approximate surface area is 334 Å². The van der Waals surface area contributed by atoms with Crippen LogP contribution in [0, 0.1) is 0 Å². The number of hydrogen-bond donors (Lipinski definition) is 0. The topological polar surface area (TPSA) is 78.9 Å². The highest BCUT2D eigenvalue weighted by Crippen LogP contribution is 2.14. The molecule has 0 bridgehead atoms. The minimum Gasteiger partial charge on any atom is -0.462 e. The van der Waals surface area contributed by atoms with Crippen LogP contribution in [0.3, 0.4) is 0 Å². The largest absolute Gasteiger partial charge is 0.462 e. The minimum absolute atomic E-state index is 0.0795. The predicted octanol–water partition coefficient (Wildman–Crippen LogP) is 14.8. The Bertz CT molecular complexity index is 880. The lowest BCUT2D eigenvalue weighted by atomic mass is 10.1. The fourth-order valence-electron chi connectivity index (χ4n) is 6.61. The first-order valence-corrected chi connectivity index (χ1v) is 23.3. The van der Waals surface area contributed by atoms with E-state index in [1.165, 1.54) is 122 Å². The summed E-state index contributed by atoms with van der Waals surface area (Å²) in [7, 11) is 0. The minimum atomic E-state index is -0.778. The zero-order valence-electron chi connectivity index (χ0n) is 36.0. The van der Waals surface area contributed by atoms with Crippen molar-refractivity contribution < 1.29 is 28.6 Å². The maximum atomic E-state index is 12.7. The molecule has 0 heterocycles. The summed E-state index contributed by atoms with van der Waals surface area (Å²) in [6.45, 7) is 6.58. The van der Waals surface area contributed by atoms with Gasteiger partial charge in [0, 0.05) is 19.3 Å². The summed E-state index contributed by atoms with van der Waals surface area (Å²) in [5.41, 5.74) is 0. The molecular weight excluding hydrogens is 673 g/mol. The molecule has 0 aromatic rings. The van der Waals surface area contributed by atoms with Crippen LogP contribution in [-0.2, 0) is 28.6 Å². The normalized spacial score (nSPS) is 12.1. The van der Waals surface area contributed by atoms with E-state index in [4.69, 9.17) is 14.2 Å². The van der Waals surface area contributed by atoms with Gasteiger partial charge < -0.3 is 14.2 Å². The van der Waals surface area contributed by atoms with Crippen molar-refractivity contribution in [2.24, 2.45) is 0 Å². The van der Waals surface area contributed by atoms with Gasteiger partial charge in [0.25, 0.3) is 0 Å². The Hall–Kier alpha value is -2.11. The summed E-state index contributed by atoms with van der Waals surface area (Å²) in [6.07, 6.45) is 47.3. The molecule has 0 aliphatic heterocycles. The maximum Gasteiger partial charge on any atom is 0.306 e. The zero-order valence-corrected chi connectivity index (χ0v) is 36.0. The van der Waals surface area contributed by atoms with E-state index in [2.05, 4.69) is 45.1 Å². The molecule has 0 aliphatic carbocycles. The number of allylic oxidation sites excluding steroid dienone is 4. The third-order valence-electron chi connectivity index (χ3n) is 10.2. The molecule has 0 aromatic carbocycles. The first-order valence-electron chi connectivity index (χ1n) is 23.3. The van der Waals surface area contributed by atoms with Gasteiger partial charge in [-0.3, -0.25) is 14.4 Å². The van der Waals surface area contributed by atoms with Crippen molar-refractivity contribution in [2.45, 2.75) is 252 Å². The Kier molecular flexibility index (Phi) is 41.9. The van der Waals surface area contributed by atoms with Crippen LogP contribution < -0.4 is 0 Å². The van der Waals surface area contributed by atoms with Gasteiger partial charge in [0.15, 0.2) is 6.10 Å². The lowest BCUT2D eigenvalue weighted by molar-refractivity contribution is -0.167. The molecule has 1 atom stereocenters. The second-order valence-electron chi connectivity index (χ2n) is 15.7. The maximum absolute atomic E-state index is 12.7. The molecular formula is C48H88O6. The second kappa shape index (κ2) is 43.6. The lowest BCUT2D eigenvalue weighted by Gasteiger charge is -2.18. The Morgan fingerprint density at radius 1 is 0.352 bits per heavy atom.